The summed E-state index contributed by atoms with van der Waals surface area (Å²) in [5.74, 6) is -1.21. The quantitative estimate of drug-likeness (QED) is 0.536. The minimum atomic E-state index is -1.04. The van der Waals surface area contributed by atoms with Crippen molar-refractivity contribution in [2.24, 2.45) is 10.7 Å². The maximum absolute atomic E-state index is 12.6. The van der Waals surface area contributed by atoms with Gasteiger partial charge in [-0.3, -0.25) is 9.79 Å². The molecule has 6 nitrogen and oxygen atoms in total. The number of nitrogens with zero attached hydrogens (tertiary/aromatic N) is 1. The van der Waals surface area contributed by atoms with Gasteiger partial charge in [0.1, 0.15) is 11.8 Å². The zero-order valence-corrected chi connectivity index (χ0v) is 17.5. The molecule has 0 saturated heterocycles. The van der Waals surface area contributed by atoms with Crippen LogP contribution in [0.25, 0.3) is 0 Å². The minimum absolute atomic E-state index is 0.210. The van der Waals surface area contributed by atoms with E-state index < -0.39 is 24.5 Å². The van der Waals surface area contributed by atoms with Crippen LogP contribution < -0.4 is 10.5 Å². The smallest absolute Gasteiger partial charge is 0.341 e. The lowest BCUT2D eigenvalue weighted by atomic mass is 9.92. The summed E-state index contributed by atoms with van der Waals surface area (Å²) in [5, 5.41) is 8.95. The van der Waals surface area contributed by atoms with Gasteiger partial charge in [0.15, 0.2) is 6.61 Å². The van der Waals surface area contributed by atoms with Gasteiger partial charge < -0.3 is 15.6 Å². The molecule has 0 fully saturated rings. The van der Waals surface area contributed by atoms with E-state index in [4.69, 9.17) is 20.6 Å². The Morgan fingerprint density at radius 3 is 2.16 bits per heavy atom. The van der Waals surface area contributed by atoms with Crippen LogP contribution in [0.3, 0.4) is 0 Å². The second-order valence-corrected chi connectivity index (χ2v) is 7.71. The Morgan fingerprint density at radius 1 is 0.969 bits per heavy atom. The third-order valence-electron chi connectivity index (χ3n) is 5.66. The number of hydrogen-bond acceptors (Lipinski definition) is 4. The normalized spacial score (nSPS) is 15.4. The van der Waals surface area contributed by atoms with Gasteiger partial charge in [0.25, 0.3) is 0 Å². The van der Waals surface area contributed by atoms with Crippen molar-refractivity contribution in [1.29, 1.82) is 0 Å². The molecule has 32 heavy (non-hydrogen) atoms. The molecule has 162 valence electrons. The number of carboxylic acids is 1. The Bertz CT molecular complexity index is 1100. The molecule has 3 aromatic rings. The number of carbonyl (C=O) groups excluding carboxylic acids is 1. The SMILES string of the molecule is NC(=O)C(N=C(c1ccccc1)c1ccccc1)C1CCc2c(OCC(=O)O)cccc21. The van der Waals surface area contributed by atoms with Crippen LogP contribution in [0.4, 0.5) is 0 Å². The van der Waals surface area contributed by atoms with Crippen molar-refractivity contribution in [3.8, 4) is 5.75 Å². The Kier molecular flexibility index (Phi) is 6.31. The molecular weight excluding hydrogens is 404 g/mol. The number of nitrogens with two attached hydrogens (primary N) is 1. The number of hydrogen-bond donors (Lipinski definition) is 2. The van der Waals surface area contributed by atoms with E-state index in [0.717, 1.165) is 22.3 Å². The van der Waals surface area contributed by atoms with E-state index in [9.17, 15) is 9.59 Å². The number of ether oxygens (including phenoxy) is 1. The lowest BCUT2D eigenvalue weighted by molar-refractivity contribution is -0.139. The highest BCUT2D eigenvalue weighted by atomic mass is 16.5. The van der Waals surface area contributed by atoms with Crippen LogP contribution in [0.15, 0.2) is 83.9 Å². The van der Waals surface area contributed by atoms with Crippen LogP contribution in [0.1, 0.15) is 34.6 Å². The van der Waals surface area contributed by atoms with Crippen LogP contribution in [-0.4, -0.2) is 35.3 Å². The average Bonchev–Trinajstić information content (AvgIpc) is 3.23. The summed E-state index contributed by atoms with van der Waals surface area (Å²) in [6, 6.07) is 24.2. The molecule has 1 aliphatic rings. The average molecular weight is 428 g/mol. The van der Waals surface area contributed by atoms with Gasteiger partial charge in [-0.25, -0.2) is 4.79 Å². The molecule has 0 heterocycles. The first-order valence-electron chi connectivity index (χ1n) is 10.5. The summed E-state index contributed by atoms with van der Waals surface area (Å²) in [5.41, 5.74) is 10.2. The number of aliphatic imine (C=N–C) groups is 1. The first-order valence-corrected chi connectivity index (χ1v) is 10.5. The fraction of sp³-hybridized carbons (Fsp3) is 0.192. The highest BCUT2D eigenvalue weighted by Gasteiger charge is 2.35. The van der Waals surface area contributed by atoms with E-state index in [1.54, 1.807) is 6.07 Å². The molecular formula is C26H24N2O4. The van der Waals surface area contributed by atoms with Gasteiger partial charge in [0, 0.05) is 17.0 Å². The fourth-order valence-corrected chi connectivity index (χ4v) is 4.25. The number of rotatable bonds is 8. The topological polar surface area (TPSA) is 102 Å². The molecule has 0 aliphatic heterocycles. The Balaban J connectivity index is 1.75. The number of carboxylic acid groups (broad SMARTS) is 1. The number of aliphatic carboxylic acids is 1. The molecule has 2 atom stereocenters. The Labute approximate surface area is 186 Å². The van der Waals surface area contributed by atoms with E-state index in [1.807, 2.05) is 72.8 Å². The molecule has 0 aromatic heterocycles. The summed E-state index contributed by atoms with van der Waals surface area (Å²) < 4.78 is 5.47. The van der Waals surface area contributed by atoms with E-state index in [1.165, 1.54) is 0 Å². The third-order valence-corrected chi connectivity index (χ3v) is 5.66. The predicted octanol–water partition coefficient (Wildman–Crippen LogP) is 3.57. The van der Waals surface area contributed by atoms with Crippen molar-refractivity contribution in [2.75, 3.05) is 6.61 Å². The standard InChI is InChI=1S/C26H24N2O4/c27-26(31)25(21-15-14-20-19(21)12-7-13-22(20)32-16-23(29)30)28-24(17-8-3-1-4-9-17)18-10-5-2-6-11-18/h1-13,21,25H,14-16H2,(H2,27,31)(H,29,30). The summed E-state index contributed by atoms with van der Waals surface area (Å²) in [6.45, 7) is -0.412. The van der Waals surface area contributed by atoms with Crippen molar-refractivity contribution in [1.82, 2.24) is 0 Å². The molecule has 4 rings (SSSR count). The number of benzene rings is 3. The fourth-order valence-electron chi connectivity index (χ4n) is 4.25. The van der Waals surface area contributed by atoms with Gasteiger partial charge in [-0.15, -0.1) is 0 Å². The molecule has 0 bridgehead atoms. The highest BCUT2D eigenvalue weighted by Crippen LogP contribution is 2.41. The van der Waals surface area contributed by atoms with Crippen molar-refractivity contribution in [2.45, 2.75) is 24.8 Å². The van der Waals surface area contributed by atoms with E-state index in [2.05, 4.69) is 0 Å². The highest BCUT2D eigenvalue weighted by molar-refractivity contribution is 6.13. The molecule has 0 spiro atoms. The van der Waals surface area contributed by atoms with Gasteiger partial charge in [-0.2, -0.15) is 0 Å². The first kappa shape index (κ1) is 21.3. The van der Waals surface area contributed by atoms with E-state index in [-0.39, 0.29) is 5.92 Å². The van der Waals surface area contributed by atoms with Crippen molar-refractivity contribution < 1.29 is 19.4 Å². The van der Waals surface area contributed by atoms with E-state index in [0.29, 0.717) is 24.3 Å². The van der Waals surface area contributed by atoms with Crippen LogP contribution in [0.5, 0.6) is 5.75 Å². The summed E-state index contributed by atoms with van der Waals surface area (Å²) in [4.78, 5) is 28.4. The van der Waals surface area contributed by atoms with Gasteiger partial charge >= 0.3 is 5.97 Å². The monoisotopic (exact) mass is 428 g/mol. The molecule has 1 amide bonds. The zero-order valence-electron chi connectivity index (χ0n) is 17.5. The van der Waals surface area contributed by atoms with Crippen LogP contribution in [-0.2, 0) is 16.0 Å². The molecule has 0 saturated carbocycles. The second kappa shape index (κ2) is 9.47. The lowest BCUT2D eigenvalue weighted by Crippen LogP contribution is -2.33. The summed E-state index contributed by atoms with van der Waals surface area (Å²) >= 11 is 0. The molecule has 2 unspecified atom stereocenters. The van der Waals surface area contributed by atoms with Crippen LogP contribution in [0, 0.1) is 0 Å². The molecule has 3 aromatic carbocycles. The Hall–Kier alpha value is -3.93. The number of carbonyl (C=O) groups is 2. The van der Waals surface area contributed by atoms with Crippen molar-refractivity contribution in [3.05, 3.63) is 101 Å². The summed E-state index contributed by atoms with van der Waals surface area (Å²) in [6.07, 6.45) is 1.35. The lowest BCUT2D eigenvalue weighted by Gasteiger charge is -2.20. The maximum atomic E-state index is 12.6. The first-order chi connectivity index (χ1) is 15.5. The number of fused-ring (bicyclic) bond motifs is 1. The van der Waals surface area contributed by atoms with Crippen molar-refractivity contribution in [3.63, 3.8) is 0 Å². The van der Waals surface area contributed by atoms with Gasteiger partial charge in [0.05, 0.1) is 5.71 Å². The minimum Gasteiger partial charge on any atom is -0.482 e. The predicted molar refractivity (Wildman–Crippen MR) is 122 cm³/mol. The number of amides is 1. The van der Waals surface area contributed by atoms with E-state index >= 15 is 0 Å². The molecule has 6 heteroatoms. The van der Waals surface area contributed by atoms with Gasteiger partial charge in [-0.1, -0.05) is 72.8 Å². The molecule has 1 aliphatic carbocycles. The largest absolute Gasteiger partial charge is 0.482 e. The van der Waals surface area contributed by atoms with Crippen LogP contribution >= 0.6 is 0 Å². The van der Waals surface area contributed by atoms with Crippen molar-refractivity contribution >= 4 is 17.6 Å². The third kappa shape index (κ3) is 4.54. The Morgan fingerprint density at radius 2 is 1.59 bits per heavy atom. The molecule has 0 radical (unpaired) electrons. The van der Waals surface area contributed by atoms with Crippen LogP contribution in [0.2, 0.25) is 0 Å². The summed E-state index contributed by atoms with van der Waals surface area (Å²) in [7, 11) is 0. The van der Waals surface area contributed by atoms with Gasteiger partial charge in [-0.05, 0) is 30.0 Å². The number of primary amides is 1. The maximum Gasteiger partial charge on any atom is 0.341 e. The zero-order chi connectivity index (χ0) is 22.5. The molecule has 3 N–H and O–H groups in total. The van der Waals surface area contributed by atoms with Gasteiger partial charge in [0.2, 0.25) is 5.91 Å². The second-order valence-electron chi connectivity index (χ2n) is 7.71.